The number of carbonyl (C=O) groups excluding carboxylic acids is 2. The van der Waals surface area contributed by atoms with Gasteiger partial charge in [0.15, 0.2) is 23.9 Å². The standard InChI is InChI=1S/C32H33N5O5/c1-21-31-33-30(23-9-5-4-6-10-23)34-37(31)16-17-41-28-18-22(11-13-27(28)40-3)8-7-15-36(21)32(39)24-12-14-26-25(19-24)35(2)29(38)20-42-26/h4-6,9-14,18-19,21H,7-8,15-17,20H2,1-3H3/t21-/m1/s1. The minimum absolute atomic E-state index is 0.0177. The highest BCUT2D eigenvalue weighted by molar-refractivity contribution is 6.01. The second kappa shape index (κ2) is 11.6. The fraction of sp³-hybridized carbons (Fsp3) is 0.312. The summed E-state index contributed by atoms with van der Waals surface area (Å²) in [5.41, 5.74) is 3.03. The number of rotatable bonds is 3. The Morgan fingerprint density at radius 2 is 1.83 bits per heavy atom. The van der Waals surface area contributed by atoms with E-state index < -0.39 is 6.04 Å². The first-order valence-electron chi connectivity index (χ1n) is 14.1. The molecule has 1 aromatic heterocycles. The van der Waals surface area contributed by atoms with Gasteiger partial charge < -0.3 is 24.0 Å². The van der Waals surface area contributed by atoms with Crippen molar-refractivity contribution in [1.29, 1.82) is 0 Å². The minimum atomic E-state index is -0.396. The van der Waals surface area contributed by atoms with E-state index in [4.69, 9.17) is 24.3 Å². The van der Waals surface area contributed by atoms with Gasteiger partial charge in [-0.25, -0.2) is 9.67 Å². The van der Waals surface area contributed by atoms with Gasteiger partial charge in [0.05, 0.1) is 25.4 Å². The van der Waals surface area contributed by atoms with Crippen molar-refractivity contribution in [3.8, 4) is 28.6 Å². The third-order valence-electron chi connectivity index (χ3n) is 7.78. The van der Waals surface area contributed by atoms with Crippen molar-refractivity contribution in [2.75, 3.05) is 38.8 Å². The van der Waals surface area contributed by atoms with Crippen LogP contribution in [0.2, 0.25) is 0 Å². The van der Waals surface area contributed by atoms with E-state index in [9.17, 15) is 9.59 Å². The summed E-state index contributed by atoms with van der Waals surface area (Å²) in [7, 11) is 3.32. The lowest BCUT2D eigenvalue weighted by Gasteiger charge is -2.30. The highest BCUT2D eigenvalue weighted by Gasteiger charge is 2.30. The van der Waals surface area contributed by atoms with Crippen molar-refractivity contribution in [2.24, 2.45) is 0 Å². The van der Waals surface area contributed by atoms with Crippen LogP contribution in [-0.2, 0) is 17.8 Å². The Kier molecular flexibility index (Phi) is 7.52. The Bertz CT molecular complexity index is 1620. The molecular formula is C32H33N5O5. The van der Waals surface area contributed by atoms with Gasteiger partial charge in [-0.05, 0) is 55.7 Å². The molecule has 2 amide bonds. The van der Waals surface area contributed by atoms with Crippen molar-refractivity contribution in [3.63, 3.8) is 0 Å². The van der Waals surface area contributed by atoms with E-state index in [1.54, 1.807) is 32.4 Å². The average molecular weight is 568 g/mol. The van der Waals surface area contributed by atoms with Crippen LogP contribution in [0.15, 0.2) is 66.7 Å². The summed E-state index contributed by atoms with van der Waals surface area (Å²) in [5, 5.41) is 4.83. The SMILES string of the molecule is COc1ccc2cc1OCCn1nc(-c3ccccc3)nc1[C@@H](C)N(C(=O)c1ccc3c(c1)N(C)C(=O)CO3)CCC2. The topological polar surface area (TPSA) is 99.0 Å². The van der Waals surface area contributed by atoms with Crippen molar-refractivity contribution in [1.82, 2.24) is 19.7 Å². The number of anilines is 1. The summed E-state index contributed by atoms with van der Waals surface area (Å²) in [6.07, 6.45) is 1.46. The van der Waals surface area contributed by atoms with E-state index in [0.29, 0.717) is 66.3 Å². The molecule has 2 aliphatic rings. The number of hydrogen-bond donors (Lipinski definition) is 0. The zero-order valence-corrected chi connectivity index (χ0v) is 23.9. The quantitative estimate of drug-likeness (QED) is 0.359. The number of carbonyl (C=O) groups is 2. The van der Waals surface area contributed by atoms with Crippen LogP contribution >= 0.6 is 0 Å². The molecular weight excluding hydrogens is 534 g/mol. The molecule has 0 saturated carbocycles. The maximum atomic E-state index is 14.2. The van der Waals surface area contributed by atoms with Crippen molar-refractivity contribution >= 4 is 17.5 Å². The number of ether oxygens (including phenoxy) is 3. The van der Waals surface area contributed by atoms with Gasteiger partial charge >= 0.3 is 0 Å². The molecule has 0 spiro atoms. The molecule has 0 radical (unpaired) electrons. The first-order chi connectivity index (χ1) is 20.4. The van der Waals surface area contributed by atoms with Gasteiger partial charge in [0.25, 0.3) is 11.8 Å². The third kappa shape index (κ3) is 5.27. The number of nitrogens with zero attached hydrogens (tertiary/aromatic N) is 5. The number of methoxy groups -OCH3 is 1. The fourth-order valence-corrected chi connectivity index (χ4v) is 5.40. The highest BCUT2D eigenvalue weighted by atomic mass is 16.5. The number of benzene rings is 3. The van der Waals surface area contributed by atoms with E-state index in [1.165, 1.54) is 4.90 Å². The third-order valence-corrected chi connectivity index (χ3v) is 7.78. The van der Waals surface area contributed by atoms with Crippen molar-refractivity contribution < 1.29 is 23.8 Å². The molecule has 0 N–H and O–H groups in total. The maximum absolute atomic E-state index is 14.2. The Hall–Kier alpha value is -4.86. The monoisotopic (exact) mass is 567 g/mol. The van der Waals surface area contributed by atoms with Crippen LogP contribution in [0, 0.1) is 0 Å². The molecule has 6 rings (SSSR count). The van der Waals surface area contributed by atoms with Gasteiger partial charge in [-0.1, -0.05) is 36.4 Å². The van der Waals surface area contributed by atoms with Gasteiger partial charge in [0.2, 0.25) is 0 Å². The Morgan fingerprint density at radius 3 is 2.64 bits per heavy atom. The summed E-state index contributed by atoms with van der Waals surface area (Å²) >= 11 is 0. The minimum Gasteiger partial charge on any atom is -0.493 e. The predicted molar refractivity (Wildman–Crippen MR) is 157 cm³/mol. The molecule has 1 atom stereocenters. The Morgan fingerprint density at radius 1 is 1.00 bits per heavy atom. The van der Waals surface area contributed by atoms with Crippen LogP contribution in [-0.4, -0.2) is 65.4 Å². The van der Waals surface area contributed by atoms with Crippen LogP contribution in [0.4, 0.5) is 5.69 Å². The number of aromatic nitrogens is 3. The van der Waals surface area contributed by atoms with Crippen LogP contribution in [0.1, 0.15) is 41.1 Å². The molecule has 0 aliphatic carbocycles. The van der Waals surface area contributed by atoms with Crippen LogP contribution < -0.4 is 19.1 Å². The lowest BCUT2D eigenvalue weighted by Crippen LogP contribution is -2.37. The molecule has 0 unspecified atom stereocenters. The summed E-state index contributed by atoms with van der Waals surface area (Å²) in [6.45, 7) is 3.22. The fourth-order valence-electron chi connectivity index (χ4n) is 5.40. The van der Waals surface area contributed by atoms with E-state index in [2.05, 4.69) is 0 Å². The van der Waals surface area contributed by atoms with Gasteiger partial charge in [0.1, 0.15) is 18.2 Å². The summed E-state index contributed by atoms with van der Waals surface area (Å²) in [6, 6.07) is 20.6. The zero-order valence-electron chi connectivity index (χ0n) is 23.9. The maximum Gasteiger partial charge on any atom is 0.264 e. The molecule has 0 fully saturated rings. The number of likely N-dealkylation sites (N-methyl/N-ethyl adjacent to an activating group) is 1. The van der Waals surface area contributed by atoms with Gasteiger partial charge in [-0.15, -0.1) is 0 Å². The number of fused-ring (bicyclic) bond motifs is 4. The predicted octanol–water partition coefficient (Wildman–Crippen LogP) is 4.54. The zero-order chi connectivity index (χ0) is 29.2. The van der Waals surface area contributed by atoms with Gasteiger partial charge in [-0.3, -0.25) is 9.59 Å². The van der Waals surface area contributed by atoms with E-state index in [1.807, 2.05) is 65.0 Å². The number of aryl methyl sites for hydroxylation is 1. The second-order valence-corrected chi connectivity index (χ2v) is 10.4. The van der Waals surface area contributed by atoms with Crippen LogP contribution in [0.3, 0.4) is 0 Å². The van der Waals surface area contributed by atoms with E-state index >= 15 is 0 Å². The number of amides is 2. The summed E-state index contributed by atoms with van der Waals surface area (Å²) in [4.78, 5) is 34.8. The smallest absolute Gasteiger partial charge is 0.264 e. The molecule has 3 heterocycles. The highest BCUT2D eigenvalue weighted by Crippen LogP contribution is 2.34. The molecule has 4 aromatic rings. The van der Waals surface area contributed by atoms with Crippen molar-refractivity contribution in [2.45, 2.75) is 32.4 Å². The molecule has 42 heavy (non-hydrogen) atoms. The Balaban J connectivity index is 1.39. The molecule has 2 bridgehead atoms. The van der Waals surface area contributed by atoms with Gasteiger partial charge in [-0.2, -0.15) is 5.10 Å². The number of hydrogen-bond acceptors (Lipinski definition) is 7. The molecule has 10 nitrogen and oxygen atoms in total. The normalized spacial score (nSPS) is 17.0. The molecule has 2 aliphatic heterocycles. The lowest BCUT2D eigenvalue weighted by atomic mass is 10.1. The first kappa shape index (κ1) is 27.3. The second-order valence-electron chi connectivity index (χ2n) is 10.4. The average Bonchev–Trinajstić information content (AvgIpc) is 3.45. The summed E-state index contributed by atoms with van der Waals surface area (Å²) in [5.74, 6) is 2.85. The Labute approximate surface area is 244 Å². The molecule has 0 saturated heterocycles. The van der Waals surface area contributed by atoms with Crippen LogP contribution in [0.5, 0.6) is 17.2 Å². The first-order valence-corrected chi connectivity index (χ1v) is 14.1. The van der Waals surface area contributed by atoms with E-state index in [0.717, 1.165) is 17.5 Å². The van der Waals surface area contributed by atoms with Crippen LogP contribution in [0.25, 0.3) is 11.4 Å². The molecule has 10 heteroatoms. The van der Waals surface area contributed by atoms with E-state index in [-0.39, 0.29) is 18.4 Å². The largest absolute Gasteiger partial charge is 0.493 e. The molecule has 3 aromatic carbocycles. The van der Waals surface area contributed by atoms with Gasteiger partial charge in [0, 0.05) is 24.7 Å². The summed E-state index contributed by atoms with van der Waals surface area (Å²) < 4.78 is 19.1. The molecule has 216 valence electrons. The van der Waals surface area contributed by atoms with Crippen molar-refractivity contribution in [3.05, 3.63) is 83.7 Å². The lowest BCUT2D eigenvalue weighted by molar-refractivity contribution is -0.120.